The summed E-state index contributed by atoms with van der Waals surface area (Å²) in [6.07, 6.45) is 3.83. The van der Waals surface area contributed by atoms with Crippen molar-refractivity contribution in [1.29, 1.82) is 0 Å². The highest BCUT2D eigenvalue weighted by molar-refractivity contribution is 8.13. The lowest BCUT2D eigenvalue weighted by molar-refractivity contribution is 0.0694. The van der Waals surface area contributed by atoms with Crippen molar-refractivity contribution in [2.24, 2.45) is 5.92 Å². The highest BCUT2D eigenvalue weighted by Crippen LogP contribution is 2.61. The number of amides is 1. The van der Waals surface area contributed by atoms with Crippen LogP contribution in [0.25, 0.3) is 10.9 Å². The number of rotatable bonds is 9. The van der Waals surface area contributed by atoms with Gasteiger partial charge in [0.25, 0.3) is 5.24 Å². The Balaban J connectivity index is 1.24. The number of hydrogen-bond acceptors (Lipinski definition) is 8. The number of anilines is 1. The highest BCUT2D eigenvalue weighted by Gasteiger charge is 2.44. The van der Waals surface area contributed by atoms with Crippen LogP contribution in [0.2, 0.25) is 0 Å². The molecule has 2 aromatic carbocycles. The number of thioether (sulfide) groups is 1. The summed E-state index contributed by atoms with van der Waals surface area (Å²) in [5.74, 6) is -1.97. The van der Waals surface area contributed by atoms with Gasteiger partial charge >= 0.3 is 21.2 Å². The first-order valence-electron chi connectivity index (χ1n) is 15.2. The lowest BCUT2D eigenvalue weighted by Gasteiger charge is -2.36. The van der Waals surface area contributed by atoms with Crippen LogP contribution >= 0.6 is 27.0 Å². The number of aromatic carboxylic acids is 1. The lowest BCUT2D eigenvalue weighted by atomic mass is 9.93. The number of carboxylic acid groups (broad SMARTS) is 1. The third kappa shape index (κ3) is 6.67. The van der Waals surface area contributed by atoms with E-state index < -0.39 is 49.8 Å². The van der Waals surface area contributed by atoms with Crippen LogP contribution in [0, 0.1) is 11.7 Å². The highest BCUT2D eigenvalue weighted by atomic mass is 32.2. The molecule has 2 atom stereocenters. The van der Waals surface area contributed by atoms with Crippen molar-refractivity contribution < 1.29 is 52.5 Å². The van der Waals surface area contributed by atoms with Crippen molar-refractivity contribution in [3.05, 3.63) is 63.7 Å². The van der Waals surface area contributed by atoms with Gasteiger partial charge in [0.1, 0.15) is 11.3 Å². The molecule has 1 unspecified atom stereocenters. The molecule has 1 aromatic heterocycles. The SMILES string of the molecule is COc1c(N2CC3CCCN(C(=O)Sc4ccc(CC(P(=O)(O)O)P(=O)(O)O)cc4)[C@H]3C2)c(F)cc2c(=O)c(C(=O)O)cn(C3CC3)c12. The molecule has 1 saturated carbocycles. The smallest absolute Gasteiger partial charge is 0.341 e. The normalized spacial score (nSPS) is 20.0. The van der Waals surface area contributed by atoms with Gasteiger partial charge in [0.2, 0.25) is 5.43 Å². The van der Waals surface area contributed by atoms with E-state index in [9.17, 15) is 48.2 Å². The number of carboxylic acids is 1. The lowest BCUT2D eigenvalue weighted by Crippen LogP contribution is -2.47. The van der Waals surface area contributed by atoms with Gasteiger partial charge in [0, 0.05) is 36.8 Å². The standard InChI is InChI=1S/C30H34FN3O11P2S/c1-45-28-25-20(27(35)21(29(36)37)14-34(25)18-6-7-18)12-22(31)26(28)32-13-17-3-2-10-33(23(17)15-32)30(38)48-19-8-4-16(5-9-19)11-24(46(39,40)41)47(42,43)44/h4-5,8-9,12,14,17-18,23-24H,2-3,6-7,10-11,13,15H2,1H3,(H,36,37)(H2,39,40,41)(H2,42,43,44)/t17?,23-/m0/s1. The maximum atomic E-state index is 16.0. The Hall–Kier alpha value is -3.23. The van der Waals surface area contributed by atoms with Gasteiger partial charge in [-0.1, -0.05) is 12.1 Å². The second kappa shape index (κ2) is 12.9. The van der Waals surface area contributed by atoms with Gasteiger partial charge in [-0.05, 0) is 73.5 Å². The number of halogens is 1. The van der Waals surface area contributed by atoms with E-state index in [1.165, 1.54) is 25.4 Å². The molecule has 3 fully saturated rings. The van der Waals surface area contributed by atoms with Crippen LogP contribution in [0.15, 0.2) is 46.2 Å². The van der Waals surface area contributed by atoms with Crippen molar-refractivity contribution in [3.63, 3.8) is 0 Å². The van der Waals surface area contributed by atoms with Gasteiger partial charge in [0.15, 0.2) is 17.0 Å². The number of likely N-dealkylation sites (tertiary alicyclic amines) is 1. The zero-order valence-electron chi connectivity index (χ0n) is 25.6. The minimum Gasteiger partial charge on any atom is -0.492 e. The van der Waals surface area contributed by atoms with Gasteiger partial charge < -0.3 is 43.8 Å². The first kappa shape index (κ1) is 34.6. The summed E-state index contributed by atoms with van der Waals surface area (Å²) in [4.78, 5) is 80.3. The molecule has 0 radical (unpaired) electrons. The van der Waals surface area contributed by atoms with Crippen molar-refractivity contribution in [2.45, 2.75) is 54.5 Å². The molecule has 5 N–H and O–H groups in total. The summed E-state index contributed by atoms with van der Waals surface area (Å²) in [5, 5.41) is 7.12. The largest absolute Gasteiger partial charge is 0.492 e. The van der Waals surface area contributed by atoms with Crippen molar-refractivity contribution >= 4 is 54.8 Å². The first-order chi connectivity index (χ1) is 22.6. The zero-order valence-corrected chi connectivity index (χ0v) is 28.2. The minimum atomic E-state index is -5.09. The van der Waals surface area contributed by atoms with Crippen molar-refractivity contribution in [3.8, 4) is 5.75 Å². The quantitative estimate of drug-likeness (QED) is 0.155. The van der Waals surface area contributed by atoms with E-state index in [0.717, 1.165) is 43.5 Å². The fourth-order valence-electron chi connectivity index (χ4n) is 6.81. The first-order valence-corrected chi connectivity index (χ1v) is 19.4. The van der Waals surface area contributed by atoms with Crippen molar-refractivity contribution in [2.75, 3.05) is 31.6 Å². The number of carbonyl (C=O) groups excluding carboxylic acids is 1. The molecule has 6 rings (SSSR count). The number of hydrogen-bond donors (Lipinski definition) is 5. The molecule has 1 aliphatic carbocycles. The number of methoxy groups -OCH3 is 1. The van der Waals surface area contributed by atoms with E-state index in [4.69, 9.17) is 4.74 Å². The Kier molecular flexibility index (Phi) is 9.31. The van der Waals surface area contributed by atoms with Gasteiger partial charge in [0.05, 0.1) is 24.1 Å². The van der Waals surface area contributed by atoms with Crippen LogP contribution in [0.5, 0.6) is 5.75 Å². The molecule has 258 valence electrons. The molecule has 1 amide bonds. The Labute approximate surface area is 277 Å². The molecule has 18 heteroatoms. The predicted molar refractivity (Wildman–Crippen MR) is 175 cm³/mol. The van der Waals surface area contributed by atoms with E-state index in [1.807, 2.05) is 4.90 Å². The maximum absolute atomic E-state index is 16.0. The number of benzene rings is 2. The molecule has 3 aromatic rings. The summed E-state index contributed by atoms with van der Waals surface area (Å²) in [7, 11) is -8.80. The Morgan fingerprint density at radius 2 is 1.73 bits per heavy atom. The number of piperidine rings is 1. The van der Waals surface area contributed by atoms with E-state index in [0.29, 0.717) is 30.0 Å². The van der Waals surface area contributed by atoms with Gasteiger partial charge in [-0.3, -0.25) is 18.7 Å². The second-order valence-corrected chi connectivity index (χ2v) is 17.4. The number of ether oxygens (including phenoxy) is 1. The molecular weight excluding hydrogens is 691 g/mol. The number of nitrogens with zero attached hydrogens (tertiary/aromatic N) is 3. The van der Waals surface area contributed by atoms with Gasteiger partial charge in [-0.15, -0.1) is 0 Å². The third-order valence-corrected chi connectivity index (χ3v) is 13.9. The minimum absolute atomic E-state index is 0.0164. The third-order valence-electron chi connectivity index (χ3n) is 9.23. The summed E-state index contributed by atoms with van der Waals surface area (Å²) in [6.45, 7) is 1.19. The molecule has 48 heavy (non-hydrogen) atoms. The summed E-state index contributed by atoms with van der Waals surface area (Å²) in [6, 6.07) is 6.78. The number of fused-ring (bicyclic) bond motifs is 2. The van der Waals surface area contributed by atoms with Crippen LogP contribution in [0.1, 0.15) is 47.6 Å². The maximum Gasteiger partial charge on any atom is 0.341 e. The molecule has 14 nitrogen and oxygen atoms in total. The molecular formula is C30H34FN3O11P2S. The topological polar surface area (TPSA) is 207 Å². The molecule has 2 saturated heterocycles. The number of pyridine rings is 1. The average molecular weight is 726 g/mol. The Bertz CT molecular complexity index is 1920. The van der Waals surface area contributed by atoms with Crippen molar-refractivity contribution in [1.82, 2.24) is 9.47 Å². The van der Waals surface area contributed by atoms with Crippen LogP contribution in [0.3, 0.4) is 0 Å². The van der Waals surface area contributed by atoms with Gasteiger partial charge in [-0.2, -0.15) is 0 Å². The Morgan fingerprint density at radius 1 is 1.06 bits per heavy atom. The van der Waals surface area contributed by atoms with Crippen LogP contribution in [0.4, 0.5) is 14.9 Å². The van der Waals surface area contributed by atoms with E-state index in [-0.39, 0.29) is 45.6 Å². The van der Waals surface area contributed by atoms with Crippen LogP contribution in [-0.2, 0) is 15.6 Å². The number of carbonyl (C=O) groups is 2. The number of aromatic nitrogens is 1. The van der Waals surface area contributed by atoms with Gasteiger partial charge in [-0.25, -0.2) is 9.18 Å². The predicted octanol–water partition coefficient (Wildman–Crippen LogP) is 4.22. The fraction of sp³-hybridized carbons (Fsp3) is 0.433. The average Bonchev–Trinajstić information content (AvgIpc) is 3.76. The van der Waals surface area contributed by atoms with E-state index in [1.54, 1.807) is 21.6 Å². The Morgan fingerprint density at radius 3 is 2.31 bits per heavy atom. The molecule has 3 aliphatic rings. The second-order valence-electron chi connectivity index (χ2n) is 12.4. The molecule has 0 spiro atoms. The summed E-state index contributed by atoms with van der Waals surface area (Å²) < 4.78 is 46.7. The molecule has 2 aliphatic heterocycles. The van der Waals surface area contributed by atoms with Crippen LogP contribution < -0.4 is 15.1 Å². The molecule has 3 heterocycles. The van der Waals surface area contributed by atoms with Crippen LogP contribution in [-0.4, -0.2) is 83.5 Å². The summed E-state index contributed by atoms with van der Waals surface area (Å²) in [5.41, 5.74) is -0.468. The monoisotopic (exact) mass is 725 g/mol. The van der Waals surface area contributed by atoms with E-state index in [2.05, 4.69) is 0 Å². The van der Waals surface area contributed by atoms with E-state index >= 15 is 4.39 Å². The fourth-order valence-corrected chi connectivity index (χ4v) is 10.1. The molecule has 0 bridgehead atoms. The zero-order chi connectivity index (χ0) is 34.7. The summed E-state index contributed by atoms with van der Waals surface area (Å²) >= 11 is 0.941.